The smallest absolute Gasteiger partial charge is 0.159 e. The van der Waals surface area contributed by atoms with Gasteiger partial charge in [0.25, 0.3) is 0 Å². The second-order valence-electron chi connectivity index (χ2n) is 5.45. The van der Waals surface area contributed by atoms with Crippen LogP contribution in [-0.4, -0.2) is 10.9 Å². The predicted molar refractivity (Wildman–Crippen MR) is 91.0 cm³/mol. The van der Waals surface area contributed by atoms with E-state index < -0.39 is 0 Å². The average molecular weight is 358 g/mol. The van der Waals surface area contributed by atoms with E-state index in [1.54, 1.807) is 18.3 Å². The summed E-state index contributed by atoms with van der Waals surface area (Å²) < 4.78 is 0.999. The number of allylic oxidation sites excluding steroid dienone is 1. The van der Waals surface area contributed by atoms with Crippen molar-refractivity contribution in [2.45, 2.75) is 19.4 Å². The monoisotopic (exact) mass is 357 g/mol. The van der Waals surface area contributed by atoms with Crippen LogP contribution < -0.4 is 4.90 Å². The van der Waals surface area contributed by atoms with Crippen LogP contribution in [0.2, 0.25) is 0 Å². The molecule has 0 radical (unpaired) electrons. The van der Waals surface area contributed by atoms with Gasteiger partial charge in [-0.05, 0) is 48.4 Å². The highest BCUT2D eigenvalue weighted by Gasteiger charge is 2.26. The van der Waals surface area contributed by atoms with Crippen molar-refractivity contribution in [1.82, 2.24) is 0 Å². The fraction of sp³-hybridized carbons (Fsp3) is 0.167. The van der Waals surface area contributed by atoms with Gasteiger partial charge in [0.15, 0.2) is 5.78 Å². The summed E-state index contributed by atoms with van der Waals surface area (Å²) in [5, 5.41) is 10.2. The van der Waals surface area contributed by atoms with Gasteiger partial charge in [0.2, 0.25) is 0 Å². The molecule has 2 aromatic carbocycles. The topological polar surface area (TPSA) is 40.5 Å². The predicted octanol–water partition coefficient (Wildman–Crippen LogP) is 4.50. The fourth-order valence-corrected chi connectivity index (χ4v) is 2.94. The standard InChI is InChI=1S/C18H16BrNO2/c1-12-2-7-18(22)17(10-12)20-9-8-15(21)11-16(20)13-3-5-14(19)6-4-13/h2-10,16,22H,11H2,1H3/t16-/m0/s1. The number of aromatic hydroxyl groups is 1. The molecule has 2 aromatic rings. The van der Waals surface area contributed by atoms with Crippen LogP contribution in [0.3, 0.4) is 0 Å². The van der Waals surface area contributed by atoms with Crippen LogP contribution in [0.5, 0.6) is 5.75 Å². The summed E-state index contributed by atoms with van der Waals surface area (Å²) >= 11 is 3.43. The Kier molecular flexibility index (Phi) is 4.03. The maximum Gasteiger partial charge on any atom is 0.159 e. The molecule has 1 N–H and O–H groups in total. The van der Waals surface area contributed by atoms with Crippen LogP contribution in [-0.2, 0) is 4.79 Å². The molecule has 0 saturated carbocycles. The quantitative estimate of drug-likeness (QED) is 0.860. The van der Waals surface area contributed by atoms with Crippen molar-refractivity contribution in [3.05, 3.63) is 70.3 Å². The third-order valence-corrected chi connectivity index (χ3v) is 4.34. The summed E-state index contributed by atoms with van der Waals surface area (Å²) in [5.41, 5.74) is 2.83. The van der Waals surface area contributed by atoms with E-state index in [1.165, 1.54) is 0 Å². The molecule has 0 spiro atoms. The third kappa shape index (κ3) is 2.92. The first-order valence-electron chi connectivity index (χ1n) is 7.09. The van der Waals surface area contributed by atoms with E-state index in [2.05, 4.69) is 15.9 Å². The van der Waals surface area contributed by atoms with Crippen molar-refractivity contribution in [2.24, 2.45) is 0 Å². The molecule has 3 nitrogen and oxygen atoms in total. The van der Waals surface area contributed by atoms with E-state index in [-0.39, 0.29) is 17.6 Å². The number of benzene rings is 2. The summed E-state index contributed by atoms with van der Waals surface area (Å²) in [4.78, 5) is 13.8. The number of ketones is 1. The molecule has 1 heterocycles. The molecule has 1 atom stereocenters. The highest BCUT2D eigenvalue weighted by molar-refractivity contribution is 9.10. The van der Waals surface area contributed by atoms with E-state index in [0.29, 0.717) is 6.42 Å². The summed E-state index contributed by atoms with van der Waals surface area (Å²) in [6, 6.07) is 13.3. The average Bonchev–Trinajstić information content (AvgIpc) is 2.51. The van der Waals surface area contributed by atoms with Crippen LogP contribution >= 0.6 is 15.9 Å². The van der Waals surface area contributed by atoms with Gasteiger partial charge >= 0.3 is 0 Å². The van der Waals surface area contributed by atoms with Crippen molar-refractivity contribution < 1.29 is 9.90 Å². The van der Waals surface area contributed by atoms with Crippen molar-refractivity contribution in [3.8, 4) is 5.75 Å². The normalized spacial score (nSPS) is 17.8. The number of aryl methyl sites for hydroxylation is 1. The maximum absolute atomic E-state index is 11.9. The summed E-state index contributed by atoms with van der Waals surface area (Å²) in [7, 11) is 0. The van der Waals surface area contributed by atoms with E-state index >= 15 is 0 Å². The van der Waals surface area contributed by atoms with Gasteiger partial charge in [-0.25, -0.2) is 0 Å². The molecule has 0 unspecified atom stereocenters. The number of halogens is 1. The Labute approximate surface area is 138 Å². The molecular formula is C18H16BrNO2. The molecule has 3 rings (SSSR count). The first-order valence-corrected chi connectivity index (χ1v) is 7.88. The number of carbonyl (C=O) groups excluding carboxylic acids is 1. The molecule has 1 aliphatic rings. The maximum atomic E-state index is 11.9. The van der Waals surface area contributed by atoms with Gasteiger partial charge in [-0.3, -0.25) is 4.79 Å². The zero-order chi connectivity index (χ0) is 15.7. The highest BCUT2D eigenvalue weighted by Crippen LogP contribution is 2.38. The van der Waals surface area contributed by atoms with Crippen LogP contribution in [0.1, 0.15) is 23.6 Å². The van der Waals surface area contributed by atoms with Gasteiger partial charge in [0.05, 0.1) is 11.7 Å². The minimum absolute atomic E-state index is 0.0938. The zero-order valence-corrected chi connectivity index (χ0v) is 13.7. The molecule has 112 valence electrons. The number of phenols is 1. The second kappa shape index (κ2) is 5.97. The van der Waals surface area contributed by atoms with Gasteiger partial charge in [-0.1, -0.05) is 34.1 Å². The number of nitrogens with zero attached hydrogens (tertiary/aromatic N) is 1. The van der Waals surface area contributed by atoms with Gasteiger partial charge in [0.1, 0.15) is 5.75 Å². The number of carbonyl (C=O) groups is 1. The Morgan fingerprint density at radius 2 is 1.91 bits per heavy atom. The first kappa shape index (κ1) is 14.9. The highest BCUT2D eigenvalue weighted by atomic mass is 79.9. The van der Waals surface area contributed by atoms with E-state index in [4.69, 9.17) is 0 Å². The van der Waals surface area contributed by atoms with Gasteiger partial charge in [-0.15, -0.1) is 0 Å². The number of rotatable bonds is 2. The number of hydrogen-bond donors (Lipinski definition) is 1. The minimum atomic E-state index is -0.113. The number of hydrogen-bond acceptors (Lipinski definition) is 3. The Bertz CT molecular complexity index is 737. The van der Waals surface area contributed by atoms with E-state index in [0.717, 1.165) is 21.3 Å². The third-order valence-electron chi connectivity index (χ3n) is 3.82. The molecule has 0 amide bonds. The van der Waals surface area contributed by atoms with Gasteiger partial charge in [0, 0.05) is 17.1 Å². The molecule has 1 aliphatic heterocycles. The van der Waals surface area contributed by atoms with E-state index in [9.17, 15) is 9.90 Å². The number of anilines is 1. The summed E-state index contributed by atoms with van der Waals surface area (Å²) in [6.07, 6.45) is 3.72. The molecule has 0 saturated heterocycles. The van der Waals surface area contributed by atoms with Crippen molar-refractivity contribution >= 4 is 27.4 Å². The molecule has 0 aromatic heterocycles. The van der Waals surface area contributed by atoms with Gasteiger partial charge < -0.3 is 10.0 Å². The number of phenolic OH excluding ortho intramolecular Hbond substituents is 1. The minimum Gasteiger partial charge on any atom is -0.506 e. The first-order chi connectivity index (χ1) is 10.5. The molecule has 0 aliphatic carbocycles. The van der Waals surface area contributed by atoms with Crippen LogP contribution in [0.25, 0.3) is 0 Å². The van der Waals surface area contributed by atoms with Crippen LogP contribution in [0.15, 0.2) is 59.2 Å². The Morgan fingerprint density at radius 1 is 1.18 bits per heavy atom. The second-order valence-corrected chi connectivity index (χ2v) is 6.37. The molecular weight excluding hydrogens is 342 g/mol. The van der Waals surface area contributed by atoms with Crippen molar-refractivity contribution in [1.29, 1.82) is 0 Å². The lowest BCUT2D eigenvalue weighted by atomic mass is 9.96. The van der Waals surface area contributed by atoms with Crippen molar-refractivity contribution in [2.75, 3.05) is 4.90 Å². The SMILES string of the molecule is Cc1ccc(O)c(N2C=CC(=O)C[C@H]2c2ccc(Br)cc2)c1. The Morgan fingerprint density at radius 3 is 2.64 bits per heavy atom. The largest absolute Gasteiger partial charge is 0.506 e. The summed E-state index contributed by atoms with van der Waals surface area (Å²) in [5.74, 6) is 0.308. The fourth-order valence-electron chi connectivity index (χ4n) is 2.68. The summed E-state index contributed by atoms with van der Waals surface area (Å²) in [6.45, 7) is 1.98. The molecule has 0 bridgehead atoms. The van der Waals surface area contributed by atoms with Crippen LogP contribution in [0.4, 0.5) is 5.69 Å². The molecule has 4 heteroatoms. The molecule has 22 heavy (non-hydrogen) atoms. The lowest BCUT2D eigenvalue weighted by Crippen LogP contribution is -2.29. The lowest BCUT2D eigenvalue weighted by molar-refractivity contribution is -0.115. The molecule has 0 fully saturated rings. The van der Waals surface area contributed by atoms with Crippen LogP contribution in [0, 0.1) is 6.92 Å². The van der Waals surface area contributed by atoms with Crippen molar-refractivity contribution in [3.63, 3.8) is 0 Å². The Balaban J connectivity index is 2.06. The van der Waals surface area contributed by atoms with Gasteiger partial charge in [-0.2, -0.15) is 0 Å². The lowest BCUT2D eigenvalue weighted by Gasteiger charge is -2.33. The Hall–Kier alpha value is -2.07. The van der Waals surface area contributed by atoms with E-state index in [1.807, 2.05) is 48.2 Å². The zero-order valence-electron chi connectivity index (χ0n) is 12.2.